The molecule has 5 heteroatoms. The van der Waals surface area contributed by atoms with Crippen LogP contribution in [0.1, 0.15) is 24.9 Å². The highest BCUT2D eigenvalue weighted by molar-refractivity contribution is 7.07. The lowest BCUT2D eigenvalue weighted by atomic mass is 10.1. The Hall–Kier alpha value is -0.910. The molecule has 17 heavy (non-hydrogen) atoms. The fourth-order valence-corrected chi connectivity index (χ4v) is 2.88. The summed E-state index contributed by atoms with van der Waals surface area (Å²) >= 11 is 1.69. The Kier molecular flexibility index (Phi) is 4.15. The van der Waals surface area contributed by atoms with Crippen molar-refractivity contribution < 1.29 is 14.6 Å². The number of hydrogen-bond donors (Lipinski definition) is 1. The second-order valence-electron chi connectivity index (χ2n) is 4.32. The molecule has 1 saturated heterocycles. The number of nitrogens with zero attached hydrogens (tertiary/aromatic N) is 1. The third-order valence-corrected chi connectivity index (χ3v) is 3.85. The molecule has 0 radical (unpaired) electrons. The molecule has 0 aliphatic carbocycles. The lowest BCUT2D eigenvalue weighted by Gasteiger charge is -2.36. The van der Waals surface area contributed by atoms with Gasteiger partial charge in [-0.05, 0) is 29.3 Å². The molecule has 2 atom stereocenters. The third-order valence-electron chi connectivity index (χ3n) is 3.15. The number of aliphatic carboxylic acids is 1. The van der Waals surface area contributed by atoms with Gasteiger partial charge in [0.2, 0.25) is 0 Å². The first kappa shape index (κ1) is 12.5. The van der Waals surface area contributed by atoms with Crippen LogP contribution in [0.2, 0.25) is 0 Å². The van der Waals surface area contributed by atoms with Crippen molar-refractivity contribution in [3.8, 4) is 0 Å². The molecule has 1 aliphatic rings. The van der Waals surface area contributed by atoms with Crippen LogP contribution in [0.3, 0.4) is 0 Å². The lowest BCUT2D eigenvalue weighted by molar-refractivity contribution is -0.142. The molecule has 1 aromatic rings. The quantitative estimate of drug-likeness (QED) is 0.894. The highest BCUT2D eigenvalue weighted by Crippen LogP contribution is 2.24. The first-order chi connectivity index (χ1) is 8.16. The number of carboxylic acid groups (broad SMARTS) is 1. The van der Waals surface area contributed by atoms with Gasteiger partial charge in [-0.15, -0.1) is 0 Å². The Bertz CT molecular complexity index is 366. The molecule has 1 aromatic heterocycles. The summed E-state index contributed by atoms with van der Waals surface area (Å²) < 4.78 is 5.47. The van der Waals surface area contributed by atoms with E-state index < -0.39 is 5.97 Å². The van der Waals surface area contributed by atoms with E-state index >= 15 is 0 Å². The number of ether oxygens (including phenoxy) is 1. The molecular weight excluding hydrogens is 238 g/mol. The Morgan fingerprint density at radius 1 is 1.76 bits per heavy atom. The zero-order valence-electron chi connectivity index (χ0n) is 9.83. The average Bonchev–Trinajstić information content (AvgIpc) is 2.81. The molecule has 0 saturated carbocycles. The van der Waals surface area contributed by atoms with E-state index in [4.69, 9.17) is 9.84 Å². The maximum atomic E-state index is 10.7. The van der Waals surface area contributed by atoms with E-state index in [0.717, 1.165) is 6.54 Å². The van der Waals surface area contributed by atoms with Gasteiger partial charge in [0.15, 0.2) is 0 Å². The number of thiophene rings is 1. The van der Waals surface area contributed by atoms with Crippen LogP contribution >= 0.6 is 11.3 Å². The van der Waals surface area contributed by atoms with E-state index in [1.807, 2.05) is 0 Å². The fraction of sp³-hybridized carbons (Fsp3) is 0.583. The molecule has 1 N–H and O–H groups in total. The van der Waals surface area contributed by atoms with Crippen molar-refractivity contribution in [1.29, 1.82) is 0 Å². The van der Waals surface area contributed by atoms with Gasteiger partial charge in [0.05, 0.1) is 19.1 Å². The van der Waals surface area contributed by atoms with Crippen molar-refractivity contribution in [3.63, 3.8) is 0 Å². The molecule has 2 rings (SSSR count). The van der Waals surface area contributed by atoms with Crippen LogP contribution in [-0.2, 0) is 9.53 Å². The van der Waals surface area contributed by atoms with Crippen LogP contribution in [0, 0.1) is 0 Å². The Balaban J connectivity index is 1.95. The second kappa shape index (κ2) is 5.62. The van der Waals surface area contributed by atoms with Gasteiger partial charge >= 0.3 is 5.97 Å². The lowest BCUT2D eigenvalue weighted by Crippen LogP contribution is -2.44. The number of hydrogen-bond acceptors (Lipinski definition) is 4. The topological polar surface area (TPSA) is 49.8 Å². The Morgan fingerprint density at radius 3 is 3.24 bits per heavy atom. The normalized spacial score (nSPS) is 23.5. The highest BCUT2D eigenvalue weighted by Gasteiger charge is 2.26. The fourth-order valence-electron chi connectivity index (χ4n) is 2.14. The molecule has 2 unspecified atom stereocenters. The number of carboxylic acids is 1. The molecule has 1 aliphatic heterocycles. The molecule has 4 nitrogen and oxygen atoms in total. The van der Waals surface area contributed by atoms with Crippen LogP contribution in [0.4, 0.5) is 0 Å². The maximum absolute atomic E-state index is 10.7. The SMILES string of the molecule is CC(c1ccsc1)N1CCOC(CC(=O)O)C1. The smallest absolute Gasteiger partial charge is 0.306 e. The Morgan fingerprint density at radius 2 is 2.59 bits per heavy atom. The van der Waals surface area contributed by atoms with Crippen LogP contribution < -0.4 is 0 Å². The van der Waals surface area contributed by atoms with Crippen LogP contribution in [-0.4, -0.2) is 41.8 Å². The summed E-state index contributed by atoms with van der Waals surface area (Å²) in [6.45, 7) is 4.34. The predicted molar refractivity (Wildman–Crippen MR) is 66.3 cm³/mol. The minimum absolute atomic E-state index is 0.0901. The summed E-state index contributed by atoms with van der Waals surface area (Å²) in [6.07, 6.45) is -0.0883. The molecule has 94 valence electrons. The molecule has 1 fully saturated rings. The molecule has 0 bridgehead atoms. The summed E-state index contributed by atoms with van der Waals surface area (Å²) in [6, 6.07) is 2.46. The summed E-state index contributed by atoms with van der Waals surface area (Å²) in [5.74, 6) is -0.792. The first-order valence-electron chi connectivity index (χ1n) is 5.76. The second-order valence-corrected chi connectivity index (χ2v) is 5.10. The van der Waals surface area contributed by atoms with Gasteiger partial charge < -0.3 is 9.84 Å². The molecule has 0 amide bonds. The van der Waals surface area contributed by atoms with Gasteiger partial charge in [0.1, 0.15) is 0 Å². The van der Waals surface area contributed by atoms with Crippen molar-refractivity contribution in [3.05, 3.63) is 22.4 Å². The van der Waals surface area contributed by atoms with Gasteiger partial charge in [-0.2, -0.15) is 11.3 Å². The van der Waals surface area contributed by atoms with Crippen molar-refractivity contribution in [2.75, 3.05) is 19.7 Å². The summed E-state index contributed by atoms with van der Waals surface area (Å²) in [5, 5.41) is 13.0. The highest BCUT2D eigenvalue weighted by atomic mass is 32.1. The van der Waals surface area contributed by atoms with Gasteiger partial charge in [-0.3, -0.25) is 9.69 Å². The van der Waals surface area contributed by atoms with Gasteiger partial charge in [0, 0.05) is 19.1 Å². The largest absolute Gasteiger partial charge is 0.481 e. The minimum Gasteiger partial charge on any atom is -0.481 e. The predicted octanol–water partition coefficient (Wildman–Crippen LogP) is 1.98. The molecule has 0 spiro atoms. The number of carbonyl (C=O) groups is 1. The summed E-state index contributed by atoms with van der Waals surface area (Å²) in [4.78, 5) is 13.0. The third kappa shape index (κ3) is 3.28. The Labute approximate surface area is 105 Å². The van der Waals surface area contributed by atoms with Crippen molar-refractivity contribution in [1.82, 2.24) is 4.90 Å². The number of morpholine rings is 1. The van der Waals surface area contributed by atoms with E-state index in [2.05, 4.69) is 28.7 Å². The number of rotatable bonds is 4. The van der Waals surface area contributed by atoms with Gasteiger partial charge in [-0.25, -0.2) is 0 Å². The van der Waals surface area contributed by atoms with Gasteiger partial charge in [-0.1, -0.05) is 0 Å². The van der Waals surface area contributed by atoms with Crippen molar-refractivity contribution in [2.45, 2.75) is 25.5 Å². The van der Waals surface area contributed by atoms with Gasteiger partial charge in [0.25, 0.3) is 0 Å². The zero-order chi connectivity index (χ0) is 12.3. The first-order valence-corrected chi connectivity index (χ1v) is 6.70. The van der Waals surface area contributed by atoms with E-state index in [-0.39, 0.29) is 12.5 Å². The molecule has 0 aromatic carbocycles. The summed E-state index contributed by atoms with van der Waals surface area (Å²) in [7, 11) is 0. The van der Waals surface area contributed by atoms with Crippen LogP contribution in [0.25, 0.3) is 0 Å². The summed E-state index contributed by atoms with van der Waals surface area (Å²) in [5.41, 5.74) is 1.30. The monoisotopic (exact) mass is 255 g/mol. The zero-order valence-corrected chi connectivity index (χ0v) is 10.7. The van der Waals surface area contributed by atoms with E-state index in [0.29, 0.717) is 19.2 Å². The standard InChI is InChI=1S/C12H17NO3S/c1-9(10-2-5-17-8-10)13-3-4-16-11(7-13)6-12(14)15/h2,5,8-9,11H,3-4,6-7H2,1H3,(H,14,15). The maximum Gasteiger partial charge on any atom is 0.306 e. The van der Waals surface area contributed by atoms with E-state index in [1.165, 1.54) is 5.56 Å². The van der Waals surface area contributed by atoms with Crippen LogP contribution in [0.5, 0.6) is 0 Å². The van der Waals surface area contributed by atoms with E-state index in [1.54, 1.807) is 11.3 Å². The van der Waals surface area contributed by atoms with Crippen molar-refractivity contribution >= 4 is 17.3 Å². The van der Waals surface area contributed by atoms with Crippen molar-refractivity contribution in [2.24, 2.45) is 0 Å². The van der Waals surface area contributed by atoms with Crippen LogP contribution in [0.15, 0.2) is 16.8 Å². The van der Waals surface area contributed by atoms with E-state index in [9.17, 15) is 4.79 Å². The molecular formula is C12H17NO3S. The molecule has 2 heterocycles. The average molecular weight is 255 g/mol. The minimum atomic E-state index is -0.792.